The number of hydrogen-bond acceptors (Lipinski definition) is 4. The fourth-order valence-electron chi connectivity index (χ4n) is 1.61. The Kier molecular flexibility index (Phi) is 5.78. The predicted octanol–water partition coefficient (Wildman–Crippen LogP) is 1.63. The number of methoxy groups -OCH3 is 1. The van der Waals surface area contributed by atoms with Crippen molar-refractivity contribution in [1.82, 2.24) is 4.31 Å². The third-order valence-electron chi connectivity index (χ3n) is 2.72. The number of anilines is 1. The Bertz CT molecular complexity index is 500. The van der Waals surface area contributed by atoms with Gasteiger partial charge in [-0.1, -0.05) is 13.0 Å². The molecule has 0 aromatic heterocycles. The average molecular weight is 286 g/mol. The molecule has 1 aromatic rings. The second kappa shape index (κ2) is 6.88. The summed E-state index contributed by atoms with van der Waals surface area (Å²) >= 11 is 0. The Morgan fingerprint density at radius 3 is 2.63 bits per heavy atom. The maximum atomic E-state index is 12.0. The Morgan fingerprint density at radius 2 is 2.05 bits per heavy atom. The van der Waals surface area contributed by atoms with Crippen molar-refractivity contribution in [3.8, 4) is 0 Å². The molecule has 5 nitrogen and oxygen atoms in total. The maximum absolute atomic E-state index is 12.0. The molecule has 1 aromatic carbocycles. The molecule has 0 radical (unpaired) electrons. The average Bonchev–Trinajstić information content (AvgIpc) is 2.37. The summed E-state index contributed by atoms with van der Waals surface area (Å²) in [6.45, 7) is 3.47. The van der Waals surface area contributed by atoms with Gasteiger partial charge in [-0.3, -0.25) is 0 Å². The van der Waals surface area contributed by atoms with Gasteiger partial charge >= 0.3 is 0 Å². The van der Waals surface area contributed by atoms with Gasteiger partial charge in [0.05, 0.1) is 11.5 Å². The van der Waals surface area contributed by atoms with Crippen molar-refractivity contribution < 1.29 is 13.2 Å². The molecule has 0 saturated carbocycles. The fourth-order valence-corrected chi connectivity index (χ4v) is 2.56. The first-order valence-electron chi connectivity index (χ1n) is 6.13. The van der Waals surface area contributed by atoms with E-state index in [4.69, 9.17) is 4.74 Å². The van der Waals surface area contributed by atoms with Gasteiger partial charge in [-0.15, -0.1) is 0 Å². The lowest BCUT2D eigenvalue weighted by molar-refractivity contribution is 0.164. The highest BCUT2D eigenvalue weighted by Crippen LogP contribution is 2.18. The van der Waals surface area contributed by atoms with Gasteiger partial charge in [0.15, 0.2) is 0 Å². The first-order chi connectivity index (χ1) is 8.87. The molecule has 0 heterocycles. The highest BCUT2D eigenvalue weighted by Gasteiger charge is 2.17. The van der Waals surface area contributed by atoms with Crippen molar-refractivity contribution in [2.24, 2.45) is 5.92 Å². The summed E-state index contributed by atoms with van der Waals surface area (Å²) < 4.78 is 30.3. The molecule has 0 bridgehead atoms. The maximum Gasteiger partial charge on any atom is 0.242 e. The summed E-state index contributed by atoms with van der Waals surface area (Å²) in [7, 11) is 1.34. The van der Waals surface area contributed by atoms with E-state index in [2.05, 4.69) is 12.2 Å². The number of sulfonamides is 1. The van der Waals surface area contributed by atoms with Crippen LogP contribution in [-0.4, -0.2) is 47.1 Å². The lowest BCUT2D eigenvalue weighted by Crippen LogP contribution is -2.22. The molecule has 0 aliphatic carbocycles. The Hall–Kier alpha value is -1.11. The first kappa shape index (κ1) is 15.9. The van der Waals surface area contributed by atoms with Gasteiger partial charge in [0.2, 0.25) is 10.0 Å². The van der Waals surface area contributed by atoms with Gasteiger partial charge in [-0.25, -0.2) is 12.7 Å². The third kappa shape index (κ3) is 4.49. The molecule has 1 N–H and O–H groups in total. The van der Waals surface area contributed by atoms with E-state index in [0.29, 0.717) is 17.4 Å². The summed E-state index contributed by atoms with van der Waals surface area (Å²) in [5, 5.41) is 3.22. The van der Waals surface area contributed by atoms with Crippen LogP contribution in [0.2, 0.25) is 0 Å². The van der Waals surface area contributed by atoms with Crippen LogP contribution in [0.1, 0.15) is 6.92 Å². The van der Waals surface area contributed by atoms with Gasteiger partial charge < -0.3 is 10.1 Å². The zero-order valence-corrected chi connectivity index (χ0v) is 12.7. The van der Waals surface area contributed by atoms with E-state index in [0.717, 1.165) is 12.2 Å². The predicted molar refractivity (Wildman–Crippen MR) is 76.8 cm³/mol. The van der Waals surface area contributed by atoms with E-state index >= 15 is 0 Å². The second-order valence-electron chi connectivity index (χ2n) is 4.76. The molecule has 0 amide bonds. The van der Waals surface area contributed by atoms with Crippen LogP contribution >= 0.6 is 0 Å². The van der Waals surface area contributed by atoms with E-state index < -0.39 is 10.0 Å². The highest BCUT2D eigenvalue weighted by molar-refractivity contribution is 7.89. The Balaban J connectivity index is 2.78. The van der Waals surface area contributed by atoms with E-state index in [1.807, 2.05) is 6.07 Å². The Morgan fingerprint density at radius 1 is 1.37 bits per heavy atom. The molecule has 1 rings (SSSR count). The minimum absolute atomic E-state index is 0.293. The monoisotopic (exact) mass is 286 g/mol. The lowest BCUT2D eigenvalue weighted by Gasteiger charge is -2.15. The van der Waals surface area contributed by atoms with Crippen molar-refractivity contribution in [3.63, 3.8) is 0 Å². The molecule has 0 aliphatic rings. The van der Waals surface area contributed by atoms with Crippen LogP contribution in [0.15, 0.2) is 29.2 Å². The van der Waals surface area contributed by atoms with Crippen LogP contribution in [0.3, 0.4) is 0 Å². The number of nitrogens with zero attached hydrogens (tertiary/aromatic N) is 1. The van der Waals surface area contributed by atoms with Crippen LogP contribution < -0.4 is 5.32 Å². The standard InChI is InChI=1S/C13H22N2O3S/c1-11(10-18-4)9-14-12-6-5-7-13(8-12)19(16,17)15(2)3/h5-8,11,14H,9-10H2,1-4H3. The summed E-state index contributed by atoms with van der Waals surface area (Å²) in [4.78, 5) is 0.293. The molecular weight excluding hydrogens is 264 g/mol. The topological polar surface area (TPSA) is 58.6 Å². The zero-order chi connectivity index (χ0) is 14.5. The van der Waals surface area contributed by atoms with Crippen LogP contribution in [0.25, 0.3) is 0 Å². The molecule has 0 saturated heterocycles. The minimum Gasteiger partial charge on any atom is -0.385 e. The number of benzene rings is 1. The first-order valence-corrected chi connectivity index (χ1v) is 7.57. The van der Waals surface area contributed by atoms with Crippen molar-refractivity contribution in [1.29, 1.82) is 0 Å². The van der Waals surface area contributed by atoms with E-state index in [9.17, 15) is 8.42 Å². The van der Waals surface area contributed by atoms with Crippen LogP contribution in [0.4, 0.5) is 5.69 Å². The third-order valence-corrected chi connectivity index (χ3v) is 4.53. The van der Waals surface area contributed by atoms with Crippen molar-refractivity contribution in [2.45, 2.75) is 11.8 Å². The SMILES string of the molecule is COCC(C)CNc1cccc(S(=O)(=O)N(C)C)c1. The van der Waals surface area contributed by atoms with Crippen molar-refractivity contribution in [3.05, 3.63) is 24.3 Å². The summed E-state index contributed by atoms with van der Waals surface area (Å²) in [6.07, 6.45) is 0. The smallest absolute Gasteiger partial charge is 0.242 e. The highest BCUT2D eigenvalue weighted by atomic mass is 32.2. The number of rotatable bonds is 7. The number of nitrogens with one attached hydrogen (secondary N) is 1. The van der Waals surface area contributed by atoms with E-state index in [-0.39, 0.29) is 0 Å². The van der Waals surface area contributed by atoms with Gasteiger partial charge in [0.1, 0.15) is 0 Å². The van der Waals surface area contributed by atoms with E-state index in [1.54, 1.807) is 25.3 Å². The fraction of sp³-hybridized carbons (Fsp3) is 0.538. The molecule has 19 heavy (non-hydrogen) atoms. The summed E-state index contributed by atoms with van der Waals surface area (Å²) in [6, 6.07) is 6.84. The molecule has 1 atom stereocenters. The minimum atomic E-state index is -3.38. The van der Waals surface area contributed by atoms with Crippen molar-refractivity contribution in [2.75, 3.05) is 39.7 Å². The molecule has 0 spiro atoms. The largest absolute Gasteiger partial charge is 0.385 e. The molecular formula is C13H22N2O3S. The number of ether oxygens (including phenoxy) is 1. The van der Waals surface area contributed by atoms with Gasteiger partial charge in [-0.05, 0) is 24.1 Å². The lowest BCUT2D eigenvalue weighted by atomic mass is 10.2. The molecule has 6 heteroatoms. The number of hydrogen-bond donors (Lipinski definition) is 1. The molecule has 108 valence electrons. The zero-order valence-electron chi connectivity index (χ0n) is 11.9. The Labute approximate surface area is 115 Å². The van der Waals surface area contributed by atoms with Crippen LogP contribution in [-0.2, 0) is 14.8 Å². The van der Waals surface area contributed by atoms with Crippen molar-refractivity contribution >= 4 is 15.7 Å². The molecule has 0 aliphatic heterocycles. The molecule has 0 fully saturated rings. The van der Waals surface area contributed by atoms with Crippen LogP contribution in [0.5, 0.6) is 0 Å². The van der Waals surface area contributed by atoms with Gasteiger partial charge in [0, 0.05) is 33.4 Å². The van der Waals surface area contributed by atoms with Gasteiger partial charge in [-0.2, -0.15) is 0 Å². The van der Waals surface area contributed by atoms with Crippen LogP contribution in [0, 0.1) is 5.92 Å². The summed E-state index contributed by atoms with van der Waals surface area (Å²) in [5.74, 6) is 0.360. The quantitative estimate of drug-likeness (QED) is 0.827. The normalized spacial score (nSPS) is 13.5. The van der Waals surface area contributed by atoms with Gasteiger partial charge in [0.25, 0.3) is 0 Å². The molecule has 1 unspecified atom stereocenters. The van der Waals surface area contributed by atoms with E-state index in [1.165, 1.54) is 18.4 Å². The summed E-state index contributed by atoms with van der Waals surface area (Å²) in [5.41, 5.74) is 0.797. The second-order valence-corrected chi connectivity index (χ2v) is 6.91.